The molecule has 0 saturated heterocycles. The van der Waals surface area contributed by atoms with Crippen molar-refractivity contribution in [3.8, 4) is 5.69 Å². The van der Waals surface area contributed by atoms with Crippen LogP contribution in [0.25, 0.3) is 5.69 Å². The van der Waals surface area contributed by atoms with Crippen molar-refractivity contribution in [3.63, 3.8) is 0 Å². The van der Waals surface area contributed by atoms with Gasteiger partial charge in [0, 0.05) is 23.5 Å². The minimum absolute atomic E-state index is 0.233. The number of fused-ring (bicyclic) bond motifs is 1. The summed E-state index contributed by atoms with van der Waals surface area (Å²) in [7, 11) is 0. The average molecular weight is 470 g/mol. The molecule has 2 heterocycles. The summed E-state index contributed by atoms with van der Waals surface area (Å²) in [6.45, 7) is 4.38. The maximum atomic E-state index is 13.6. The number of nitrogens with zero attached hydrogens (tertiary/aromatic N) is 4. The zero-order valence-corrected chi connectivity index (χ0v) is 19.5. The topological polar surface area (TPSA) is 80.1 Å². The Bertz CT molecular complexity index is 1410. The standard InChI is InChI=1S/C27H24FN5O2/c1-17-8-14-21(15-9-17)33-18(2)25(30-31-33)27(35)32-16-4-5-22-23(6-3-7-24(22)32)29-26(34)19-10-12-20(28)13-11-19/h3,6-15H,4-5,16H2,1-2H3,(H,29,34). The average Bonchev–Trinajstić information content (AvgIpc) is 3.25. The van der Waals surface area contributed by atoms with E-state index in [1.54, 1.807) is 15.6 Å². The second-order valence-corrected chi connectivity index (χ2v) is 8.60. The Morgan fingerprint density at radius 3 is 2.46 bits per heavy atom. The molecular formula is C27H24FN5O2. The third kappa shape index (κ3) is 4.30. The fourth-order valence-electron chi connectivity index (χ4n) is 4.33. The van der Waals surface area contributed by atoms with Crippen molar-refractivity contribution in [2.75, 3.05) is 16.8 Å². The quantitative estimate of drug-likeness (QED) is 0.463. The highest BCUT2D eigenvalue weighted by Crippen LogP contribution is 2.34. The summed E-state index contributed by atoms with van der Waals surface area (Å²) in [5.74, 6) is -0.968. The van der Waals surface area contributed by atoms with Gasteiger partial charge in [0.05, 0.1) is 11.4 Å². The number of benzene rings is 3. The van der Waals surface area contributed by atoms with Gasteiger partial charge in [-0.3, -0.25) is 9.59 Å². The Hall–Kier alpha value is -4.33. The molecule has 0 spiro atoms. The Labute approximate surface area is 202 Å². The maximum Gasteiger partial charge on any atom is 0.280 e. The van der Waals surface area contributed by atoms with Crippen LogP contribution in [-0.4, -0.2) is 33.4 Å². The van der Waals surface area contributed by atoms with E-state index in [0.717, 1.165) is 28.9 Å². The number of hydrogen-bond donors (Lipinski definition) is 1. The third-order valence-electron chi connectivity index (χ3n) is 6.23. The molecule has 0 aliphatic carbocycles. The summed E-state index contributed by atoms with van der Waals surface area (Å²) in [4.78, 5) is 28.0. The van der Waals surface area contributed by atoms with E-state index in [9.17, 15) is 14.0 Å². The molecule has 176 valence electrons. The fraction of sp³-hybridized carbons (Fsp3) is 0.185. The van der Waals surface area contributed by atoms with Gasteiger partial charge in [0.1, 0.15) is 5.82 Å². The summed E-state index contributed by atoms with van der Waals surface area (Å²) < 4.78 is 14.9. The van der Waals surface area contributed by atoms with E-state index in [-0.39, 0.29) is 11.8 Å². The van der Waals surface area contributed by atoms with Crippen LogP contribution in [0.3, 0.4) is 0 Å². The molecule has 1 aromatic heterocycles. The van der Waals surface area contributed by atoms with Gasteiger partial charge < -0.3 is 10.2 Å². The number of halogens is 1. The second kappa shape index (κ2) is 9.13. The van der Waals surface area contributed by atoms with Crippen molar-refractivity contribution >= 4 is 23.2 Å². The minimum Gasteiger partial charge on any atom is -0.322 e. The monoisotopic (exact) mass is 469 g/mol. The normalized spacial score (nSPS) is 12.8. The lowest BCUT2D eigenvalue weighted by Crippen LogP contribution is -2.36. The molecule has 2 amide bonds. The molecule has 8 heteroatoms. The van der Waals surface area contributed by atoms with Crippen LogP contribution in [0.1, 0.15) is 44.1 Å². The lowest BCUT2D eigenvalue weighted by Gasteiger charge is -2.30. The largest absolute Gasteiger partial charge is 0.322 e. The van der Waals surface area contributed by atoms with Crippen LogP contribution in [0.15, 0.2) is 66.7 Å². The highest BCUT2D eigenvalue weighted by Gasteiger charge is 2.29. The highest BCUT2D eigenvalue weighted by atomic mass is 19.1. The summed E-state index contributed by atoms with van der Waals surface area (Å²) in [5, 5.41) is 11.3. The second-order valence-electron chi connectivity index (χ2n) is 8.60. The zero-order valence-electron chi connectivity index (χ0n) is 19.5. The molecule has 3 aromatic carbocycles. The van der Waals surface area contributed by atoms with Crippen molar-refractivity contribution < 1.29 is 14.0 Å². The fourth-order valence-corrected chi connectivity index (χ4v) is 4.33. The molecule has 0 fully saturated rings. The number of rotatable bonds is 4. The molecule has 1 aliphatic heterocycles. The molecule has 0 bridgehead atoms. The number of carbonyl (C=O) groups is 2. The Balaban J connectivity index is 1.43. The summed E-state index contributed by atoms with van der Waals surface area (Å²) >= 11 is 0. The Kier molecular flexibility index (Phi) is 5.86. The smallest absolute Gasteiger partial charge is 0.280 e. The van der Waals surface area contributed by atoms with Gasteiger partial charge in [0.15, 0.2) is 5.69 Å². The van der Waals surface area contributed by atoms with E-state index >= 15 is 0 Å². The predicted octanol–water partition coefficient (Wildman–Crippen LogP) is 4.87. The first-order valence-electron chi connectivity index (χ1n) is 11.4. The molecule has 0 radical (unpaired) electrons. The molecule has 5 rings (SSSR count). The van der Waals surface area contributed by atoms with Crippen LogP contribution in [0, 0.1) is 19.7 Å². The van der Waals surface area contributed by atoms with Crippen LogP contribution >= 0.6 is 0 Å². The Morgan fingerprint density at radius 2 is 1.71 bits per heavy atom. The van der Waals surface area contributed by atoms with E-state index in [1.807, 2.05) is 50.2 Å². The molecule has 0 saturated carbocycles. The van der Waals surface area contributed by atoms with Crippen LogP contribution in [-0.2, 0) is 6.42 Å². The van der Waals surface area contributed by atoms with Crippen LogP contribution in [0.4, 0.5) is 15.8 Å². The third-order valence-corrected chi connectivity index (χ3v) is 6.23. The number of aromatic nitrogens is 3. The van der Waals surface area contributed by atoms with Crippen molar-refractivity contribution in [2.45, 2.75) is 26.7 Å². The number of aryl methyl sites for hydroxylation is 1. The molecular weight excluding hydrogens is 445 g/mol. The van der Waals surface area contributed by atoms with Gasteiger partial charge in [0.2, 0.25) is 0 Å². The molecule has 1 N–H and O–H groups in total. The maximum absolute atomic E-state index is 13.6. The number of amides is 2. The zero-order chi connectivity index (χ0) is 24.5. The first-order valence-corrected chi connectivity index (χ1v) is 11.4. The number of nitrogens with one attached hydrogen (secondary N) is 1. The molecule has 0 unspecified atom stereocenters. The van der Waals surface area contributed by atoms with Gasteiger partial charge in [-0.15, -0.1) is 5.10 Å². The lowest BCUT2D eigenvalue weighted by atomic mass is 9.99. The van der Waals surface area contributed by atoms with E-state index in [0.29, 0.717) is 35.6 Å². The van der Waals surface area contributed by atoms with Gasteiger partial charge >= 0.3 is 0 Å². The van der Waals surface area contributed by atoms with Gasteiger partial charge in [-0.1, -0.05) is 29.0 Å². The molecule has 1 aliphatic rings. The van der Waals surface area contributed by atoms with E-state index in [4.69, 9.17) is 0 Å². The first-order chi connectivity index (χ1) is 16.9. The molecule has 0 atom stereocenters. The summed E-state index contributed by atoms with van der Waals surface area (Å²) in [5.41, 5.74) is 5.53. The highest BCUT2D eigenvalue weighted by molar-refractivity contribution is 6.08. The van der Waals surface area contributed by atoms with Crippen molar-refractivity contribution in [1.82, 2.24) is 15.0 Å². The Morgan fingerprint density at radius 1 is 0.971 bits per heavy atom. The van der Waals surface area contributed by atoms with Gasteiger partial charge in [-0.05, 0) is 80.8 Å². The number of hydrogen-bond acceptors (Lipinski definition) is 4. The number of anilines is 2. The molecule has 4 aromatic rings. The summed E-state index contributed by atoms with van der Waals surface area (Å²) in [6.07, 6.45) is 1.46. The summed E-state index contributed by atoms with van der Waals surface area (Å²) in [6, 6.07) is 18.7. The van der Waals surface area contributed by atoms with Crippen molar-refractivity contribution in [1.29, 1.82) is 0 Å². The van der Waals surface area contributed by atoms with Gasteiger partial charge in [0.25, 0.3) is 11.8 Å². The van der Waals surface area contributed by atoms with Gasteiger partial charge in [-0.2, -0.15) is 0 Å². The van der Waals surface area contributed by atoms with Crippen LogP contribution < -0.4 is 10.2 Å². The van der Waals surface area contributed by atoms with Gasteiger partial charge in [-0.25, -0.2) is 9.07 Å². The number of carbonyl (C=O) groups excluding carboxylic acids is 2. The molecule has 35 heavy (non-hydrogen) atoms. The van der Waals surface area contributed by atoms with Crippen LogP contribution in [0.5, 0.6) is 0 Å². The minimum atomic E-state index is -0.401. The van der Waals surface area contributed by atoms with Crippen molar-refractivity contribution in [2.24, 2.45) is 0 Å². The van der Waals surface area contributed by atoms with E-state index in [2.05, 4.69) is 15.6 Å². The van der Waals surface area contributed by atoms with E-state index in [1.165, 1.54) is 24.3 Å². The SMILES string of the molecule is Cc1ccc(-n2nnc(C(=O)N3CCCc4c(NC(=O)c5ccc(F)cc5)cccc43)c2C)cc1. The van der Waals surface area contributed by atoms with E-state index < -0.39 is 5.82 Å². The lowest BCUT2D eigenvalue weighted by molar-refractivity contribution is 0.0978. The van der Waals surface area contributed by atoms with Crippen molar-refractivity contribution in [3.05, 3.63) is 101 Å². The first kappa shape index (κ1) is 22.5. The molecule has 7 nitrogen and oxygen atoms in total. The van der Waals surface area contributed by atoms with Crippen LogP contribution in [0.2, 0.25) is 0 Å². The predicted molar refractivity (Wildman–Crippen MR) is 132 cm³/mol.